The molecule has 1 fully saturated rings. The van der Waals surface area contributed by atoms with Gasteiger partial charge in [-0.15, -0.1) is 0 Å². The molecule has 2 atom stereocenters. The molecule has 8 heteroatoms. The normalized spacial score (nSPS) is 23.5. The summed E-state index contributed by atoms with van der Waals surface area (Å²) in [5, 5.41) is 12.7. The highest BCUT2D eigenvalue weighted by molar-refractivity contribution is 7.89. The number of rotatable bonds is 5. The van der Waals surface area contributed by atoms with Crippen LogP contribution in [0.1, 0.15) is 32.6 Å². The van der Waals surface area contributed by atoms with E-state index in [1.54, 1.807) is 0 Å². The molecule has 0 spiro atoms. The second kappa shape index (κ2) is 6.47. The first-order chi connectivity index (χ1) is 9.53. The molecule has 20 heavy (non-hydrogen) atoms. The molecule has 3 N–H and O–H groups in total. The summed E-state index contributed by atoms with van der Waals surface area (Å²) in [4.78, 5) is 7.90. The maximum atomic E-state index is 12.2. The molecule has 2 rings (SSSR count). The Hall–Kier alpha value is -1.25. The molecule has 0 aromatic carbocycles. The van der Waals surface area contributed by atoms with E-state index in [2.05, 4.69) is 20.0 Å². The maximum Gasteiger partial charge on any atom is 0.243 e. The van der Waals surface area contributed by atoms with Crippen LogP contribution in [0.3, 0.4) is 0 Å². The lowest BCUT2D eigenvalue weighted by Crippen LogP contribution is -2.45. The molecule has 1 aromatic heterocycles. The molecule has 2 unspecified atom stereocenters. The Balaban J connectivity index is 2.09. The summed E-state index contributed by atoms with van der Waals surface area (Å²) in [5.41, 5.74) is 0. The van der Waals surface area contributed by atoms with Crippen LogP contribution in [0.2, 0.25) is 0 Å². The van der Waals surface area contributed by atoms with E-state index in [9.17, 15) is 13.5 Å². The third-order valence-corrected chi connectivity index (χ3v) is 4.75. The third-order valence-electron chi connectivity index (χ3n) is 3.31. The molecule has 7 nitrogen and oxygen atoms in total. The van der Waals surface area contributed by atoms with Gasteiger partial charge in [-0.2, -0.15) is 0 Å². The van der Waals surface area contributed by atoms with Gasteiger partial charge in [-0.1, -0.05) is 12.8 Å². The van der Waals surface area contributed by atoms with Crippen LogP contribution in [0.15, 0.2) is 17.3 Å². The minimum absolute atomic E-state index is 0.0110. The number of hydrogen-bond donors (Lipinski definition) is 3. The van der Waals surface area contributed by atoms with Crippen LogP contribution in [-0.4, -0.2) is 42.2 Å². The van der Waals surface area contributed by atoms with E-state index in [1.807, 2.05) is 6.92 Å². The number of nitrogens with one attached hydrogen (secondary N) is 2. The highest BCUT2D eigenvalue weighted by Crippen LogP contribution is 2.20. The van der Waals surface area contributed by atoms with E-state index in [0.717, 1.165) is 12.8 Å². The second-order valence-electron chi connectivity index (χ2n) is 4.85. The first kappa shape index (κ1) is 15.1. The van der Waals surface area contributed by atoms with Gasteiger partial charge in [0.15, 0.2) is 0 Å². The molecule has 0 amide bonds. The van der Waals surface area contributed by atoms with Crippen LogP contribution in [-0.2, 0) is 10.0 Å². The molecule has 1 aliphatic carbocycles. The van der Waals surface area contributed by atoms with Gasteiger partial charge in [-0.05, 0) is 19.8 Å². The van der Waals surface area contributed by atoms with Gasteiger partial charge in [-0.3, -0.25) is 0 Å². The van der Waals surface area contributed by atoms with Gasteiger partial charge < -0.3 is 10.4 Å². The first-order valence-electron chi connectivity index (χ1n) is 6.79. The van der Waals surface area contributed by atoms with Gasteiger partial charge in [-0.25, -0.2) is 23.1 Å². The van der Waals surface area contributed by atoms with Crippen LogP contribution in [0, 0.1) is 0 Å². The van der Waals surface area contributed by atoms with Gasteiger partial charge in [0.05, 0.1) is 18.5 Å². The number of aromatic nitrogens is 2. The number of anilines is 1. The second-order valence-corrected chi connectivity index (χ2v) is 6.57. The van der Waals surface area contributed by atoms with Crippen LogP contribution < -0.4 is 10.0 Å². The van der Waals surface area contributed by atoms with Crippen molar-refractivity contribution in [3.05, 3.63) is 12.4 Å². The van der Waals surface area contributed by atoms with Gasteiger partial charge >= 0.3 is 0 Å². The van der Waals surface area contributed by atoms with Crippen LogP contribution in [0.5, 0.6) is 0 Å². The number of nitrogens with zero attached hydrogens (tertiary/aromatic N) is 2. The zero-order valence-electron chi connectivity index (χ0n) is 11.4. The topological polar surface area (TPSA) is 104 Å². The summed E-state index contributed by atoms with van der Waals surface area (Å²) in [6, 6.07) is -0.429. The fraction of sp³-hybridized carbons (Fsp3) is 0.667. The summed E-state index contributed by atoms with van der Waals surface area (Å²) in [7, 11) is -3.69. The highest BCUT2D eigenvalue weighted by atomic mass is 32.2. The van der Waals surface area contributed by atoms with Gasteiger partial charge in [0, 0.05) is 12.6 Å². The van der Waals surface area contributed by atoms with E-state index in [4.69, 9.17) is 0 Å². The van der Waals surface area contributed by atoms with Crippen molar-refractivity contribution in [2.45, 2.75) is 49.6 Å². The van der Waals surface area contributed by atoms with Crippen LogP contribution >= 0.6 is 0 Å². The van der Waals surface area contributed by atoms with E-state index in [-0.39, 0.29) is 4.90 Å². The minimum atomic E-state index is -3.69. The average molecular weight is 300 g/mol. The summed E-state index contributed by atoms with van der Waals surface area (Å²) in [5.74, 6) is 0.393. The Morgan fingerprint density at radius 1 is 1.30 bits per heavy atom. The fourth-order valence-corrected chi connectivity index (χ4v) is 3.41. The van der Waals surface area contributed by atoms with Gasteiger partial charge in [0.25, 0.3) is 0 Å². The maximum absolute atomic E-state index is 12.2. The molecule has 1 heterocycles. The van der Waals surface area contributed by atoms with Gasteiger partial charge in [0.2, 0.25) is 16.0 Å². The highest BCUT2D eigenvalue weighted by Gasteiger charge is 2.28. The van der Waals surface area contributed by atoms with Crippen LogP contribution in [0.4, 0.5) is 5.95 Å². The van der Waals surface area contributed by atoms with Crippen LogP contribution in [0.25, 0.3) is 0 Å². The summed E-state index contributed by atoms with van der Waals surface area (Å²) in [6.45, 7) is 2.57. The zero-order valence-corrected chi connectivity index (χ0v) is 12.2. The molecule has 0 saturated heterocycles. The Morgan fingerprint density at radius 3 is 2.55 bits per heavy atom. The lowest BCUT2D eigenvalue weighted by molar-refractivity contribution is 0.101. The monoisotopic (exact) mass is 300 g/mol. The van der Waals surface area contributed by atoms with Crippen molar-refractivity contribution in [2.24, 2.45) is 0 Å². The summed E-state index contributed by atoms with van der Waals surface area (Å²) >= 11 is 0. The Bertz CT molecular complexity index is 532. The standard InChI is InChI=1S/C12H20N4O3S/c1-2-13-12-14-7-9(8-15-12)20(18,19)16-10-5-3-4-6-11(10)17/h7-8,10-11,16-17H,2-6H2,1H3,(H,13,14,15). The molecule has 112 valence electrons. The van der Waals surface area contributed by atoms with Crippen molar-refractivity contribution in [2.75, 3.05) is 11.9 Å². The summed E-state index contributed by atoms with van der Waals surface area (Å²) < 4.78 is 26.9. The SMILES string of the molecule is CCNc1ncc(S(=O)(=O)NC2CCCCC2O)cn1. The van der Waals surface area contributed by atoms with E-state index < -0.39 is 22.2 Å². The predicted octanol–water partition coefficient (Wildman–Crippen LogP) is 0.490. The lowest BCUT2D eigenvalue weighted by atomic mass is 9.93. The fourth-order valence-electron chi connectivity index (χ4n) is 2.22. The smallest absolute Gasteiger partial charge is 0.243 e. The molecule has 0 radical (unpaired) electrons. The predicted molar refractivity (Wildman–Crippen MR) is 74.8 cm³/mol. The van der Waals surface area contributed by atoms with Crippen molar-refractivity contribution in [1.82, 2.24) is 14.7 Å². The quantitative estimate of drug-likeness (QED) is 0.731. The Labute approximate surface area is 118 Å². The molecule has 1 aromatic rings. The van der Waals surface area contributed by atoms with Crippen molar-refractivity contribution in [1.29, 1.82) is 0 Å². The number of hydrogen-bond acceptors (Lipinski definition) is 6. The molecule has 0 bridgehead atoms. The van der Waals surface area contributed by atoms with E-state index >= 15 is 0 Å². The average Bonchev–Trinajstić information content (AvgIpc) is 2.42. The number of sulfonamides is 1. The lowest BCUT2D eigenvalue weighted by Gasteiger charge is -2.27. The Kier molecular flexibility index (Phi) is 4.90. The van der Waals surface area contributed by atoms with E-state index in [1.165, 1.54) is 12.4 Å². The molecule has 1 saturated carbocycles. The number of aliphatic hydroxyl groups is 1. The minimum Gasteiger partial charge on any atom is -0.391 e. The van der Waals surface area contributed by atoms with E-state index in [0.29, 0.717) is 25.3 Å². The van der Waals surface area contributed by atoms with Crippen molar-refractivity contribution < 1.29 is 13.5 Å². The molecular weight excluding hydrogens is 280 g/mol. The first-order valence-corrected chi connectivity index (χ1v) is 8.27. The Morgan fingerprint density at radius 2 is 1.95 bits per heavy atom. The number of aliphatic hydroxyl groups excluding tert-OH is 1. The molecular formula is C12H20N4O3S. The third kappa shape index (κ3) is 3.65. The largest absolute Gasteiger partial charge is 0.391 e. The van der Waals surface area contributed by atoms with Crippen molar-refractivity contribution in [3.63, 3.8) is 0 Å². The van der Waals surface area contributed by atoms with Crippen molar-refractivity contribution in [3.8, 4) is 0 Å². The summed E-state index contributed by atoms with van der Waals surface area (Å²) in [6.07, 6.45) is 5.03. The zero-order chi connectivity index (χ0) is 14.6. The molecule has 0 aliphatic heterocycles. The van der Waals surface area contributed by atoms with Gasteiger partial charge in [0.1, 0.15) is 4.90 Å². The van der Waals surface area contributed by atoms with Crippen molar-refractivity contribution >= 4 is 16.0 Å². The molecule has 1 aliphatic rings.